The smallest absolute Gasteiger partial charge is 0.329 e. The van der Waals surface area contributed by atoms with Crippen LogP contribution in [0.5, 0.6) is 0 Å². The first-order valence-corrected chi connectivity index (χ1v) is 8.55. The Hall–Kier alpha value is -3.28. The normalized spacial score (nSPS) is 14.1. The number of aryl methyl sites for hydroxylation is 2. The first-order valence-electron chi connectivity index (χ1n) is 8.55. The van der Waals surface area contributed by atoms with Crippen LogP contribution in [-0.2, 0) is 9.53 Å². The molecular formula is C21H19NO5. The minimum Gasteiger partial charge on any atom is -0.456 e. The summed E-state index contributed by atoms with van der Waals surface area (Å²) in [4.78, 5) is 50.4. The van der Waals surface area contributed by atoms with Gasteiger partial charge in [0.05, 0.1) is 11.1 Å². The summed E-state index contributed by atoms with van der Waals surface area (Å²) in [5.41, 5.74) is 2.71. The highest BCUT2D eigenvalue weighted by molar-refractivity contribution is 6.22. The van der Waals surface area contributed by atoms with Crippen LogP contribution in [0.4, 0.5) is 0 Å². The first kappa shape index (κ1) is 18.5. The molecule has 1 heterocycles. The number of amides is 2. The number of fused-ring (bicyclic) bond motifs is 1. The van der Waals surface area contributed by atoms with E-state index in [4.69, 9.17) is 4.74 Å². The van der Waals surface area contributed by atoms with E-state index >= 15 is 0 Å². The average Bonchev–Trinajstić information content (AvgIpc) is 2.92. The van der Waals surface area contributed by atoms with Crippen molar-refractivity contribution in [1.29, 1.82) is 0 Å². The van der Waals surface area contributed by atoms with E-state index < -0.39 is 30.4 Å². The molecule has 0 N–H and O–H groups in total. The lowest BCUT2D eigenvalue weighted by Crippen LogP contribution is -2.44. The molecule has 27 heavy (non-hydrogen) atoms. The molecule has 2 aromatic carbocycles. The third kappa shape index (κ3) is 3.38. The van der Waals surface area contributed by atoms with Crippen molar-refractivity contribution in [2.24, 2.45) is 0 Å². The molecule has 0 saturated carbocycles. The Bertz CT molecular complexity index is 928. The highest BCUT2D eigenvalue weighted by atomic mass is 16.5. The van der Waals surface area contributed by atoms with Gasteiger partial charge in [0.1, 0.15) is 6.04 Å². The molecule has 0 fully saturated rings. The summed E-state index contributed by atoms with van der Waals surface area (Å²) < 4.78 is 5.09. The number of carbonyl (C=O) groups is 4. The van der Waals surface area contributed by atoms with Gasteiger partial charge in [-0.25, -0.2) is 4.79 Å². The Kier molecular flexibility index (Phi) is 4.90. The lowest BCUT2D eigenvalue weighted by molar-refractivity contribution is -0.146. The number of carbonyl (C=O) groups excluding carboxylic acids is 4. The van der Waals surface area contributed by atoms with E-state index in [1.54, 1.807) is 25.1 Å². The summed E-state index contributed by atoms with van der Waals surface area (Å²) in [5, 5.41) is 0. The monoisotopic (exact) mass is 365 g/mol. The van der Waals surface area contributed by atoms with Gasteiger partial charge < -0.3 is 4.74 Å². The summed E-state index contributed by atoms with van der Waals surface area (Å²) in [6.45, 7) is 4.63. The van der Waals surface area contributed by atoms with Crippen LogP contribution in [-0.4, -0.2) is 41.1 Å². The van der Waals surface area contributed by atoms with Gasteiger partial charge >= 0.3 is 5.97 Å². The van der Waals surface area contributed by atoms with Crippen LogP contribution in [0.2, 0.25) is 0 Å². The molecular weight excluding hydrogens is 346 g/mol. The van der Waals surface area contributed by atoms with E-state index in [9.17, 15) is 19.2 Å². The van der Waals surface area contributed by atoms with Crippen molar-refractivity contribution < 1.29 is 23.9 Å². The van der Waals surface area contributed by atoms with E-state index in [-0.39, 0.29) is 16.9 Å². The number of Topliss-reactive ketones (excluding diaryl/α,β-unsaturated/α-hetero) is 1. The fourth-order valence-electron chi connectivity index (χ4n) is 3.04. The number of esters is 1. The van der Waals surface area contributed by atoms with Crippen molar-refractivity contribution >= 4 is 23.6 Å². The average molecular weight is 365 g/mol. The Labute approximate surface area is 156 Å². The summed E-state index contributed by atoms with van der Waals surface area (Å²) in [6, 6.07) is 10.7. The van der Waals surface area contributed by atoms with Gasteiger partial charge in [-0.05, 0) is 44.5 Å². The van der Waals surface area contributed by atoms with Crippen LogP contribution >= 0.6 is 0 Å². The van der Waals surface area contributed by atoms with E-state index in [1.165, 1.54) is 19.1 Å². The predicted octanol–water partition coefficient (Wildman–Crippen LogP) is 2.71. The maximum atomic E-state index is 12.4. The second-order valence-electron chi connectivity index (χ2n) is 6.55. The van der Waals surface area contributed by atoms with Crippen molar-refractivity contribution in [2.45, 2.75) is 26.8 Å². The second kappa shape index (κ2) is 7.15. The van der Waals surface area contributed by atoms with Gasteiger partial charge in [-0.3, -0.25) is 19.3 Å². The van der Waals surface area contributed by atoms with Gasteiger partial charge in [-0.15, -0.1) is 0 Å². The van der Waals surface area contributed by atoms with Crippen LogP contribution in [0.3, 0.4) is 0 Å². The highest BCUT2D eigenvalue weighted by Crippen LogP contribution is 2.24. The van der Waals surface area contributed by atoms with Gasteiger partial charge in [-0.1, -0.05) is 29.8 Å². The van der Waals surface area contributed by atoms with Crippen LogP contribution in [0.15, 0.2) is 42.5 Å². The van der Waals surface area contributed by atoms with E-state index in [1.807, 2.05) is 19.1 Å². The largest absolute Gasteiger partial charge is 0.456 e. The minimum absolute atomic E-state index is 0.258. The summed E-state index contributed by atoms with van der Waals surface area (Å²) in [5.74, 6) is -2.22. The fourth-order valence-corrected chi connectivity index (χ4v) is 3.04. The number of ketones is 1. The SMILES string of the molecule is Cc1ccc(C)c(C(=O)COC(=O)C(C)N2C(=O)c3ccccc3C2=O)c1. The maximum Gasteiger partial charge on any atom is 0.329 e. The lowest BCUT2D eigenvalue weighted by atomic mass is 10.0. The van der Waals surface area contributed by atoms with Gasteiger partial charge in [0.15, 0.2) is 6.61 Å². The summed E-state index contributed by atoms with van der Waals surface area (Å²) in [7, 11) is 0. The fraction of sp³-hybridized carbons (Fsp3) is 0.238. The molecule has 1 aliphatic heterocycles. The molecule has 2 amide bonds. The van der Waals surface area contributed by atoms with Gasteiger partial charge in [-0.2, -0.15) is 0 Å². The van der Waals surface area contributed by atoms with Gasteiger partial charge in [0.2, 0.25) is 5.78 Å². The Morgan fingerprint density at radius 2 is 1.59 bits per heavy atom. The van der Waals surface area contributed by atoms with Crippen LogP contribution < -0.4 is 0 Å². The number of nitrogens with zero attached hydrogens (tertiary/aromatic N) is 1. The van der Waals surface area contributed by atoms with Gasteiger partial charge in [0, 0.05) is 5.56 Å². The molecule has 1 aliphatic rings. The minimum atomic E-state index is -1.12. The molecule has 3 rings (SSSR count). The number of hydrogen-bond acceptors (Lipinski definition) is 5. The molecule has 1 atom stereocenters. The van der Waals surface area contributed by atoms with Crippen molar-refractivity contribution in [3.05, 3.63) is 70.3 Å². The van der Waals surface area contributed by atoms with Crippen LogP contribution in [0.25, 0.3) is 0 Å². The zero-order valence-electron chi connectivity index (χ0n) is 15.3. The quantitative estimate of drug-likeness (QED) is 0.462. The highest BCUT2D eigenvalue weighted by Gasteiger charge is 2.41. The predicted molar refractivity (Wildman–Crippen MR) is 97.6 cm³/mol. The molecule has 138 valence electrons. The second-order valence-corrected chi connectivity index (χ2v) is 6.55. The molecule has 1 unspecified atom stereocenters. The number of imide groups is 1. The Morgan fingerprint density at radius 1 is 1.00 bits per heavy atom. The first-order chi connectivity index (χ1) is 12.8. The van der Waals surface area contributed by atoms with Crippen molar-refractivity contribution in [3.63, 3.8) is 0 Å². The summed E-state index contributed by atoms with van der Waals surface area (Å²) >= 11 is 0. The lowest BCUT2D eigenvalue weighted by Gasteiger charge is -2.20. The molecule has 2 aromatic rings. The van der Waals surface area contributed by atoms with Crippen LogP contribution in [0.1, 0.15) is 49.1 Å². The maximum absolute atomic E-state index is 12.4. The third-order valence-corrected chi connectivity index (χ3v) is 4.59. The van der Waals surface area contributed by atoms with E-state index in [0.717, 1.165) is 16.0 Å². The molecule has 6 heteroatoms. The van der Waals surface area contributed by atoms with Crippen molar-refractivity contribution in [3.8, 4) is 0 Å². The molecule has 0 aliphatic carbocycles. The molecule has 0 bridgehead atoms. The zero-order valence-corrected chi connectivity index (χ0v) is 15.3. The van der Waals surface area contributed by atoms with Crippen LogP contribution in [0, 0.1) is 13.8 Å². The number of benzene rings is 2. The number of hydrogen-bond donors (Lipinski definition) is 0. The standard InChI is InChI=1S/C21H19NO5/c1-12-8-9-13(2)17(10-12)18(23)11-27-21(26)14(3)22-19(24)15-6-4-5-7-16(15)20(22)25/h4-10,14H,11H2,1-3H3. The number of rotatable bonds is 5. The molecule has 6 nitrogen and oxygen atoms in total. The molecule has 0 saturated heterocycles. The van der Waals surface area contributed by atoms with Gasteiger partial charge in [0.25, 0.3) is 11.8 Å². The topological polar surface area (TPSA) is 80.8 Å². The van der Waals surface area contributed by atoms with E-state index in [2.05, 4.69) is 0 Å². The molecule has 0 radical (unpaired) electrons. The summed E-state index contributed by atoms with van der Waals surface area (Å²) in [6.07, 6.45) is 0. The van der Waals surface area contributed by atoms with E-state index in [0.29, 0.717) is 5.56 Å². The zero-order chi connectivity index (χ0) is 19.7. The van der Waals surface area contributed by atoms with Crippen molar-refractivity contribution in [1.82, 2.24) is 4.90 Å². The molecule has 0 aromatic heterocycles. The van der Waals surface area contributed by atoms with Crippen molar-refractivity contribution in [2.75, 3.05) is 6.61 Å². The molecule has 0 spiro atoms. The number of ether oxygens (including phenoxy) is 1. The Balaban J connectivity index is 1.68. The Morgan fingerprint density at radius 3 is 2.19 bits per heavy atom. The third-order valence-electron chi connectivity index (χ3n) is 4.59.